The summed E-state index contributed by atoms with van der Waals surface area (Å²) in [4.78, 5) is 42.2. The van der Waals surface area contributed by atoms with E-state index in [1.165, 1.54) is 36.2 Å². The normalized spacial score (nSPS) is 19.5. The van der Waals surface area contributed by atoms with Crippen molar-refractivity contribution in [3.8, 4) is 17.4 Å². The van der Waals surface area contributed by atoms with Gasteiger partial charge in [0.1, 0.15) is 23.8 Å². The molecule has 1 aliphatic carbocycles. The van der Waals surface area contributed by atoms with Crippen LogP contribution >= 0.6 is 0 Å². The van der Waals surface area contributed by atoms with Crippen molar-refractivity contribution in [2.24, 2.45) is 5.41 Å². The second kappa shape index (κ2) is 16.0. The van der Waals surface area contributed by atoms with Gasteiger partial charge in [-0.2, -0.15) is 13.4 Å². The number of rotatable bonds is 12. The molecule has 3 aromatic carbocycles. The van der Waals surface area contributed by atoms with E-state index in [2.05, 4.69) is 72.9 Å². The molecule has 2 atom stereocenters. The summed E-state index contributed by atoms with van der Waals surface area (Å²) in [7, 11) is -4.75. The summed E-state index contributed by atoms with van der Waals surface area (Å²) >= 11 is 0. The number of fused-ring (bicyclic) bond motifs is 2. The zero-order valence-corrected chi connectivity index (χ0v) is 35.8. The highest BCUT2D eigenvalue weighted by Crippen LogP contribution is 2.54. The zero-order valence-electron chi connectivity index (χ0n) is 35.0. The Morgan fingerprint density at radius 1 is 1.05 bits per heavy atom. The predicted molar refractivity (Wildman–Crippen MR) is 238 cm³/mol. The summed E-state index contributed by atoms with van der Waals surface area (Å²) in [6.07, 6.45) is 8.43. The van der Waals surface area contributed by atoms with Crippen LogP contribution in [-0.4, -0.2) is 77.4 Å². The number of benzene rings is 3. The summed E-state index contributed by atoms with van der Waals surface area (Å²) < 4.78 is 41.8. The maximum Gasteiger partial charge on any atom is 0.300 e. The highest BCUT2D eigenvalue weighted by atomic mass is 32.2. The van der Waals surface area contributed by atoms with Gasteiger partial charge in [0.2, 0.25) is 5.88 Å². The van der Waals surface area contributed by atoms with E-state index in [1.807, 2.05) is 36.4 Å². The molecule has 324 valence electrons. The first kappa shape index (κ1) is 40.5. The van der Waals surface area contributed by atoms with Crippen LogP contribution < -0.4 is 24.4 Å². The van der Waals surface area contributed by atoms with Crippen molar-refractivity contribution >= 4 is 44.0 Å². The van der Waals surface area contributed by atoms with E-state index in [1.54, 1.807) is 24.4 Å². The van der Waals surface area contributed by atoms with Crippen LogP contribution in [0.15, 0.2) is 108 Å². The first-order valence-electron chi connectivity index (χ1n) is 21.5. The molecule has 3 N–H and O–H groups in total. The molecule has 10 rings (SSSR count). The van der Waals surface area contributed by atoms with Gasteiger partial charge in [0, 0.05) is 53.9 Å². The Morgan fingerprint density at radius 2 is 1.84 bits per heavy atom. The smallest absolute Gasteiger partial charge is 0.300 e. The number of carbonyl (C=O) groups excluding carboxylic acids is 1. The highest BCUT2D eigenvalue weighted by Gasteiger charge is 2.55. The molecule has 6 aromatic rings. The van der Waals surface area contributed by atoms with Crippen molar-refractivity contribution in [1.82, 2.24) is 24.6 Å². The molecule has 3 fully saturated rings. The Morgan fingerprint density at radius 3 is 2.63 bits per heavy atom. The highest BCUT2D eigenvalue weighted by molar-refractivity contribution is 7.90. The molecule has 2 saturated heterocycles. The van der Waals surface area contributed by atoms with E-state index >= 15 is 0 Å². The number of nitro groups is 1. The van der Waals surface area contributed by atoms with Crippen molar-refractivity contribution in [1.29, 1.82) is 0 Å². The lowest BCUT2D eigenvalue weighted by Crippen LogP contribution is -2.66. The molecule has 0 bridgehead atoms. The number of nitrogens with zero attached hydrogens (tertiary/aromatic N) is 5. The minimum atomic E-state index is -4.75. The molecule has 3 aromatic heterocycles. The molecule has 1 saturated carbocycles. The van der Waals surface area contributed by atoms with Crippen molar-refractivity contribution in [3.63, 3.8) is 0 Å². The van der Waals surface area contributed by atoms with E-state index in [4.69, 9.17) is 9.47 Å². The third-order valence-corrected chi connectivity index (χ3v) is 14.3. The van der Waals surface area contributed by atoms with Crippen LogP contribution in [0.2, 0.25) is 0 Å². The lowest BCUT2D eigenvalue weighted by atomic mass is 9.60. The Bertz CT molecular complexity index is 2840. The number of hydrogen-bond acceptors (Lipinski definition) is 12. The van der Waals surface area contributed by atoms with E-state index in [9.17, 15) is 23.3 Å². The van der Waals surface area contributed by atoms with Crippen LogP contribution in [-0.2, 0) is 16.4 Å². The first-order chi connectivity index (χ1) is 30.4. The number of ether oxygens (including phenoxy) is 2. The van der Waals surface area contributed by atoms with Crippen molar-refractivity contribution < 1.29 is 27.6 Å². The number of nitrogens with one attached hydrogen (secondary N) is 3. The van der Waals surface area contributed by atoms with Crippen LogP contribution in [0.3, 0.4) is 0 Å². The van der Waals surface area contributed by atoms with Crippen LogP contribution in [0, 0.1) is 15.5 Å². The number of pyridine rings is 2. The summed E-state index contributed by atoms with van der Waals surface area (Å²) in [5.74, 6) is -0.307. The van der Waals surface area contributed by atoms with E-state index in [0.717, 1.165) is 55.2 Å². The van der Waals surface area contributed by atoms with Gasteiger partial charge >= 0.3 is 5.69 Å². The Labute approximate surface area is 365 Å². The summed E-state index contributed by atoms with van der Waals surface area (Å²) in [6.45, 7) is 7.45. The second-order valence-electron chi connectivity index (χ2n) is 17.7. The summed E-state index contributed by atoms with van der Waals surface area (Å²) in [5, 5.41) is 15.4. The van der Waals surface area contributed by atoms with Crippen molar-refractivity contribution in [2.75, 3.05) is 36.5 Å². The zero-order chi connectivity index (χ0) is 43.5. The molecule has 4 aliphatic rings. The molecule has 1 amide bonds. The fourth-order valence-corrected chi connectivity index (χ4v) is 11.0. The van der Waals surface area contributed by atoms with Crippen LogP contribution in [0.4, 0.5) is 17.1 Å². The molecule has 1 spiro atoms. The number of aromatic nitrogens is 3. The average Bonchev–Trinajstić information content (AvgIpc) is 3.93. The lowest BCUT2D eigenvalue weighted by molar-refractivity contribution is -0.384. The molecule has 16 heteroatoms. The molecule has 3 aliphatic heterocycles. The number of amides is 1. The topological polar surface area (TPSA) is 185 Å². The lowest BCUT2D eigenvalue weighted by Gasteiger charge is -2.62. The minimum absolute atomic E-state index is 0.0328. The summed E-state index contributed by atoms with van der Waals surface area (Å²) in [6, 6.07) is 28.6. The maximum absolute atomic E-state index is 14.0. The largest absolute Gasteiger partial charge is 0.474 e. The van der Waals surface area contributed by atoms with Gasteiger partial charge < -0.3 is 24.7 Å². The minimum Gasteiger partial charge on any atom is -0.474 e. The fraction of sp³-hybridized carbons (Fsp3) is 0.340. The number of H-pyrrole nitrogens is 1. The number of anilines is 2. The standard InChI is InChI=1S/C47H48N8O7S/c1-29(2)36-11-6-7-12-37(36)39-13-8-18-54(39)34-23-47(24-34)27-53(28-47)33-14-15-38(41(21-33)62-35-20-31-16-17-48-44(31)49-25-35)45(56)52-63(59,60)42-22-40(55(57)58)43-46(51-42)61-26-32(50-43)19-30-9-4-3-5-10-30/h3-7,9-12,14-17,20-22,25,29,32,34,39,50H,8,13,18-19,23-24,26-28H2,1-2H3,(H,48,49)(H,52,56)/t32-,39?/m0/s1. The van der Waals surface area contributed by atoms with Gasteiger partial charge in [-0.25, -0.2) is 9.71 Å². The molecule has 15 nitrogen and oxygen atoms in total. The summed E-state index contributed by atoms with van der Waals surface area (Å²) in [5.41, 5.74) is 4.96. The first-order valence-corrected chi connectivity index (χ1v) is 22.9. The molecular formula is C47H48N8O7S. The van der Waals surface area contributed by atoms with Crippen molar-refractivity contribution in [3.05, 3.63) is 136 Å². The number of likely N-dealkylation sites (tertiary alicyclic amines) is 1. The van der Waals surface area contributed by atoms with Crippen LogP contribution in [0.1, 0.15) is 78.5 Å². The van der Waals surface area contributed by atoms with Crippen molar-refractivity contribution in [2.45, 2.75) is 75.0 Å². The van der Waals surface area contributed by atoms with Gasteiger partial charge in [-0.1, -0.05) is 68.4 Å². The number of hydrogen-bond donors (Lipinski definition) is 3. The third kappa shape index (κ3) is 7.82. The molecular weight excluding hydrogens is 821 g/mol. The number of sulfonamides is 1. The van der Waals surface area contributed by atoms with Crippen LogP contribution in [0.25, 0.3) is 11.0 Å². The van der Waals surface area contributed by atoms with E-state index in [0.29, 0.717) is 35.8 Å². The van der Waals surface area contributed by atoms with E-state index in [-0.39, 0.29) is 40.9 Å². The monoisotopic (exact) mass is 868 g/mol. The van der Waals surface area contributed by atoms with E-state index < -0.39 is 31.6 Å². The van der Waals surface area contributed by atoms with Gasteiger partial charge in [0.05, 0.1) is 28.8 Å². The number of aromatic amines is 1. The maximum atomic E-state index is 14.0. The van der Waals surface area contributed by atoms with Gasteiger partial charge in [-0.15, -0.1) is 0 Å². The molecule has 6 heterocycles. The molecule has 63 heavy (non-hydrogen) atoms. The third-order valence-electron chi connectivity index (χ3n) is 13.0. The quantitative estimate of drug-likeness (QED) is 0.0794. The Balaban J connectivity index is 0.868. The SMILES string of the molecule is CC(C)c1ccccc1C1CCCN1C1CC2(C1)CN(c1ccc(C(=O)NS(=O)(=O)c3cc([N+](=O)[O-])c4c(n3)OC[C@H](Cc3ccccc3)N4)c(Oc3cnc4[nH]ccc4c3)c1)C2. The molecule has 0 radical (unpaired) electrons. The average molecular weight is 869 g/mol. The second-order valence-corrected chi connectivity index (χ2v) is 19.3. The van der Waals surface area contributed by atoms with Crippen LogP contribution in [0.5, 0.6) is 17.4 Å². The van der Waals surface area contributed by atoms with Gasteiger partial charge in [0.25, 0.3) is 15.9 Å². The Hall–Kier alpha value is -6.52. The Kier molecular flexibility index (Phi) is 10.3. The predicted octanol–water partition coefficient (Wildman–Crippen LogP) is 8.12. The number of carbonyl (C=O) groups is 1. The van der Waals surface area contributed by atoms with Gasteiger partial charge in [0.15, 0.2) is 10.7 Å². The molecule has 1 unspecified atom stereocenters. The van der Waals surface area contributed by atoms with Gasteiger partial charge in [-0.05, 0) is 85.5 Å². The fourth-order valence-electron chi connectivity index (χ4n) is 10.0. The van der Waals surface area contributed by atoms with Gasteiger partial charge in [-0.3, -0.25) is 19.8 Å².